The lowest BCUT2D eigenvalue weighted by Gasteiger charge is -2.40. The van der Waals surface area contributed by atoms with Crippen molar-refractivity contribution in [2.75, 3.05) is 40.3 Å². The van der Waals surface area contributed by atoms with Crippen LogP contribution in [0.15, 0.2) is 0 Å². The zero-order valence-electron chi connectivity index (χ0n) is 15.2. The minimum atomic E-state index is -1.35. The molecule has 0 aromatic carbocycles. The van der Waals surface area contributed by atoms with Crippen LogP contribution in [-0.4, -0.2) is 72.6 Å². The third-order valence-corrected chi connectivity index (χ3v) is 5.46. The van der Waals surface area contributed by atoms with Crippen molar-refractivity contribution in [1.29, 1.82) is 0 Å². The molecule has 2 amide bonds. The maximum Gasteiger partial charge on any atom is 0.255 e. The molecular weight excluding hydrogens is 306 g/mol. The van der Waals surface area contributed by atoms with Crippen LogP contribution in [0.3, 0.4) is 0 Å². The second kappa shape index (κ2) is 8.81. The number of nitrogens with one attached hydrogen (secondary N) is 1. The van der Waals surface area contributed by atoms with Crippen LogP contribution in [0.5, 0.6) is 0 Å². The van der Waals surface area contributed by atoms with Gasteiger partial charge in [0, 0.05) is 26.7 Å². The molecule has 0 bridgehead atoms. The van der Waals surface area contributed by atoms with Gasteiger partial charge in [-0.1, -0.05) is 32.1 Å². The Bertz CT molecular complexity index is 437. The molecule has 2 fully saturated rings. The fourth-order valence-corrected chi connectivity index (χ4v) is 4.07. The van der Waals surface area contributed by atoms with E-state index in [1.165, 1.54) is 32.1 Å². The average Bonchev–Trinajstić information content (AvgIpc) is 2.57. The minimum Gasteiger partial charge on any atom is -0.379 e. The van der Waals surface area contributed by atoms with E-state index in [9.17, 15) is 14.7 Å². The standard InChI is InChI=1S/C18H33N3O3/c1-19-16(22)13-20(2)14-18(24)10-6-11-21(17(18)23)12-9-15-7-4-3-5-8-15/h15,24H,3-14H2,1-2H3,(H,19,22). The lowest BCUT2D eigenvalue weighted by atomic mass is 9.86. The molecule has 2 N–H and O–H groups in total. The molecule has 0 aromatic heterocycles. The van der Waals surface area contributed by atoms with E-state index in [1.54, 1.807) is 19.0 Å². The normalized spacial score (nSPS) is 26.0. The van der Waals surface area contributed by atoms with Gasteiger partial charge in [-0.3, -0.25) is 14.5 Å². The van der Waals surface area contributed by atoms with Gasteiger partial charge in [0.15, 0.2) is 5.60 Å². The van der Waals surface area contributed by atoms with Gasteiger partial charge in [0.05, 0.1) is 6.54 Å². The molecule has 0 radical (unpaired) electrons. The molecule has 24 heavy (non-hydrogen) atoms. The van der Waals surface area contributed by atoms with Gasteiger partial charge in [0.25, 0.3) is 5.91 Å². The number of aliphatic hydroxyl groups is 1. The SMILES string of the molecule is CNC(=O)CN(C)CC1(O)CCCN(CCC2CCCCC2)C1=O. The summed E-state index contributed by atoms with van der Waals surface area (Å²) in [6.45, 7) is 1.89. The van der Waals surface area contributed by atoms with E-state index < -0.39 is 5.60 Å². The van der Waals surface area contributed by atoms with Crippen molar-refractivity contribution in [2.45, 2.75) is 57.0 Å². The first-order chi connectivity index (χ1) is 11.4. The zero-order valence-corrected chi connectivity index (χ0v) is 15.2. The molecule has 1 saturated carbocycles. The molecule has 1 saturated heterocycles. The number of hydrogen-bond acceptors (Lipinski definition) is 4. The Labute approximate surface area is 145 Å². The second-order valence-electron chi connectivity index (χ2n) is 7.57. The van der Waals surface area contributed by atoms with Crippen molar-refractivity contribution < 1.29 is 14.7 Å². The lowest BCUT2D eigenvalue weighted by molar-refractivity contribution is -0.159. The molecule has 1 heterocycles. The quantitative estimate of drug-likeness (QED) is 0.725. The molecule has 0 spiro atoms. The fraction of sp³-hybridized carbons (Fsp3) is 0.889. The summed E-state index contributed by atoms with van der Waals surface area (Å²) in [6.07, 6.45) is 8.87. The first kappa shape index (κ1) is 19.2. The van der Waals surface area contributed by atoms with Crippen LogP contribution >= 0.6 is 0 Å². The van der Waals surface area contributed by atoms with Gasteiger partial charge in [0.2, 0.25) is 5.91 Å². The zero-order chi connectivity index (χ0) is 17.6. The molecule has 1 aliphatic carbocycles. The molecule has 6 nitrogen and oxygen atoms in total. The highest BCUT2D eigenvalue weighted by atomic mass is 16.3. The lowest BCUT2D eigenvalue weighted by Crippen LogP contribution is -2.59. The Morgan fingerprint density at radius 1 is 1.33 bits per heavy atom. The number of amides is 2. The van der Waals surface area contributed by atoms with E-state index in [1.807, 2.05) is 4.90 Å². The highest BCUT2D eigenvalue weighted by Gasteiger charge is 2.42. The van der Waals surface area contributed by atoms with Crippen LogP contribution in [0.2, 0.25) is 0 Å². The van der Waals surface area contributed by atoms with E-state index in [0.29, 0.717) is 6.42 Å². The topological polar surface area (TPSA) is 72.9 Å². The van der Waals surface area contributed by atoms with Crippen LogP contribution < -0.4 is 5.32 Å². The smallest absolute Gasteiger partial charge is 0.255 e. The van der Waals surface area contributed by atoms with Crippen molar-refractivity contribution in [1.82, 2.24) is 15.1 Å². The van der Waals surface area contributed by atoms with E-state index in [2.05, 4.69) is 5.32 Å². The summed E-state index contributed by atoms with van der Waals surface area (Å²) in [5, 5.41) is 13.4. The number of hydrogen-bond donors (Lipinski definition) is 2. The van der Waals surface area contributed by atoms with Crippen molar-refractivity contribution in [3.8, 4) is 0 Å². The molecule has 0 aromatic rings. The predicted octanol–water partition coefficient (Wildman–Crippen LogP) is 0.988. The number of carbonyl (C=O) groups is 2. The monoisotopic (exact) mass is 339 g/mol. The summed E-state index contributed by atoms with van der Waals surface area (Å²) in [7, 11) is 3.35. The first-order valence-corrected chi connectivity index (χ1v) is 9.35. The number of likely N-dealkylation sites (tertiary alicyclic amines) is 1. The predicted molar refractivity (Wildman–Crippen MR) is 93.5 cm³/mol. The van der Waals surface area contributed by atoms with E-state index >= 15 is 0 Å². The number of likely N-dealkylation sites (N-methyl/N-ethyl adjacent to an activating group) is 2. The van der Waals surface area contributed by atoms with Crippen LogP contribution in [0.1, 0.15) is 51.4 Å². The third-order valence-electron chi connectivity index (χ3n) is 5.46. The van der Waals surface area contributed by atoms with Crippen molar-refractivity contribution in [2.24, 2.45) is 5.92 Å². The van der Waals surface area contributed by atoms with Crippen molar-refractivity contribution >= 4 is 11.8 Å². The maximum atomic E-state index is 12.8. The largest absolute Gasteiger partial charge is 0.379 e. The van der Waals surface area contributed by atoms with Gasteiger partial charge in [-0.2, -0.15) is 0 Å². The van der Waals surface area contributed by atoms with Crippen LogP contribution in [-0.2, 0) is 9.59 Å². The van der Waals surface area contributed by atoms with E-state index in [4.69, 9.17) is 0 Å². The summed E-state index contributed by atoms with van der Waals surface area (Å²) in [5.41, 5.74) is -1.35. The van der Waals surface area contributed by atoms with Crippen molar-refractivity contribution in [3.63, 3.8) is 0 Å². The third kappa shape index (κ3) is 5.18. The van der Waals surface area contributed by atoms with Gasteiger partial charge < -0.3 is 15.3 Å². The maximum absolute atomic E-state index is 12.8. The Morgan fingerprint density at radius 3 is 2.71 bits per heavy atom. The molecule has 1 atom stereocenters. The molecule has 6 heteroatoms. The number of nitrogens with zero attached hydrogens (tertiary/aromatic N) is 2. The molecule has 1 aliphatic heterocycles. The summed E-state index contributed by atoms with van der Waals surface area (Å²) in [4.78, 5) is 27.8. The first-order valence-electron chi connectivity index (χ1n) is 9.35. The van der Waals surface area contributed by atoms with Crippen LogP contribution in [0, 0.1) is 5.92 Å². The average molecular weight is 339 g/mol. The number of rotatable bonds is 7. The molecule has 2 aliphatic rings. The summed E-state index contributed by atoms with van der Waals surface area (Å²) in [6, 6.07) is 0. The van der Waals surface area contributed by atoms with Gasteiger partial charge in [-0.15, -0.1) is 0 Å². The van der Waals surface area contributed by atoms with Gasteiger partial charge in [-0.25, -0.2) is 0 Å². The summed E-state index contributed by atoms with van der Waals surface area (Å²) in [5.74, 6) is 0.462. The molecule has 2 rings (SSSR count). The highest BCUT2D eigenvalue weighted by Crippen LogP contribution is 2.28. The Hall–Kier alpha value is -1.14. The second-order valence-corrected chi connectivity index (χ2v) is 7.57. The van der Waals surface area contributed by atoms with E-state index in [-0.39, 0.29) is 24.9 Å². The molecular formula is C18H33N3O3. The highest BCUT2D eigenvalue weighted by molar-refractivity contribution is 5.86. The number of piperidine rings is 1. The fourth-order valence-electron chi connectivity index (χ4n) is 4.07. The van der Waals surface area contributed by atoms with Crippen molar-refractivity contribution in [3.05, 3.63) is 0 Å². The Balaban J connectivity index is 1.86. The van der Waals surface area contributed by atoms with Gasteiger partial charge in [0.1, 0.15) is 0 Å². The summed E-state index contributed by atoms with van der Waals surface area (Å²) >= 11 is 0. The summed E-state index contributed by atoms with van der Waals surface area (Å²) < 4.78 is 0. The van der Waals surface area contributed by atoms with Gasteiger partial charge in [-0.05, 0) is 32.2 Å². The minimum absolute atomic E-state index is 0.112. The molecule has 138 valence electrons. The van der Waals surface area contributed by atoms with Crippen LogP contribution in [0.25, 0.3) is 0 Å². The molecule has 1 unspecified atom stereocenters. The van der Waals surface area contributed by atoms with Gasteiger partial charge >= 0.3 is 0 Å². The Morgan fingerprint density at radius 2 is 2.04 bits per heavy atom. The number of carbonyl (C=O) groups excluding carboxylic acids is 2. The Kier molecular flexibility index (Phi) is 7.04. The van der Waals surface area contributed by atoms with E-state index in [0.717, 1.165) is 31.8 Å². The van der Waals surface area contributed by atoms with Crippen LogP contribution in [0.4, 0.5) is 0 Å².